The fraction of sp³-hybridized carbons (Fsp3) is 0.0714. The molecule has 4 aromatic carbocycles. The largest absolute Gasteiger partial charge is 0.484 e. The van der Waals surface area contributed by atoms with Gasteiger partial charge in [0, 0.05) is 6.07 Å². The highest BCUT2D eigenvalue weighted by Gasteiger charge is 2.40. The van der Waals surface area contributed by atoms with Gasteiger partial charge in [0.25, 0.3) is 11.7 Å². The topological polar surface area (TPSA) is 77.8 Å². The predicted octanol–water partition coefficient (Wildman–Crippen LogP) is 7.43. The standard InChI is InChI=1S/C28H17ClF3NO5/c29-21-7-3-4-8-22(21)33-24(34)15-36-18-11-12-20-23(14-18)38-27(28(30,31)32)26(25(20)35)37-19-10-9-16-5-1-2-6-17(16)13-19/h1-14H,15H2,(H,33,34). The summed E-state index contributed by atoms with van der Waals surface area (Å²) in [6.07, 6.45) is -5.02. The van der Waals surface area contributed by atoms with Gasteiger partial charge in [-0.3, -0.25) is 9.59 Å². The number of halogens is 4. The Balaban J connectivity index is 1.43. The van der Waals surface area contributed by atoms with Crippen LogP contribution in [0.1, 0.15) is 5.76 Å². The first-order valence-electron chi connectivity index (χ1n) is 11.2. The lowest BCUT2D eigenvalue weighted by atomic mass is 10.1. The predicted molar refractivity (Wildman–Crippen MR) is 137 cm³/mol. The summed E-state index contributed by atoms with van der Waals surface area (Å²) in [7, 11) is 0. The van der Waals surface area contributed by atoms with E-state index < -0.39 is 35.6 Å². The number of carbonyl (C=O) groups is 1. The lowest BCUT2D eigenvalue weighted by Gasteiger charge is -2.14. The van der Waals surface area contributed by atoms with Crippen LogP contribution in [0, 0.1) is 0 Å². The molecule has 1 N–H and O–H groups in total. The van der Waals surface area contributed by atoms with Crippen LogP contribution >= 0.6 is 11.6 Å². The van der Waals surface area contributed by atoms with Gasteiger partial charge in [-0.2, -0.15) is 13.2 Å². The first-order chi connectivity index (χ1) is 18.2. The van der Waals surface area contributed by atoms with Gasteiger partial charge in [0.15, 0.2) is 6.61 Å². The van der Waals surface area contributed by atoms with E-state index in [9.17, 15) is 22.8 Å². The highest BCUT2D eigenvalue weighted by molar-refractivity contribution is 6.33. The van der Waals surface area contributed by atoms with Gasteiger partial charge in [-0.15, -0.1) is 0 Å². The van der Waals surface area contributed by atoms with Crippen LogP contribution in [0.5, 0.6) is 17.2 Å². The second-order valence-corrected chi connectivity index (χ2v) is 8.58. The molecule has 38 heavy (non-hydrogen) atoms. The summed E-state index contributed by atoms with van der Waals surface area (Å²) in [4.78, 5) is 25.3. The van der Waals surface area contributed by atoms with Crippen molar-refractivity contribution < 1.29 is 31.9 Å². The van der Waals surface area contributed by atoms with Crippen molar-refractivity contribution in [2.45, 2.75) is 6.18 Å². The number of benzene rings is 4. The van der Waals surface area contributed by atoms with E-state index in [1.54, 1.807) is 42.5 Å². The van der Waals surface area contributed by atoms with Crippen molar-refractivity contribution in [2.24, 2.45) is 0 Å². The number of nitrogens with one attached hydrogen (secondary N) is 1. The third kappa shape index (κ3) is 5.28. The molecule has 0 saturated carbocycles. The molecule has 0 fully saturated rings. The average molecular weight is 540 g/mol. The Morgan fingerprint density at radius 3 is 2.37 bits per heavy atom. The van der Waals surface area contributed by atoms with Crippen LogP contribution in [0.3, 0.4) is 0 Å². The lowest BCUT2D eigenvalue weighted by molar-refractivity contribution is -0.154. The first kappa shape index (κ1) is 25.2. The Labute approximate surface area is 218 Å². The monoisotopic (exact) mass is 539 g/mol. The molecule has 1 heterocycles. The number of hydrogen-bond acceptors (Lipinski definition) is 5. The lowest BCUT2D eigenvalue weighted by Crippen LogP contribution is -2.20. The summed E-state index contributed by atoms with van der Waals surface area (Å²) < 4.78 is 57.6. The van der Waals surface area contributed by atoms with Gasteiger partial charge in [0.05, 0.1) is 16.1 Å². The zero-order valence-electron chi connectivity index (χ0n) is 19.3. The molecule has 0 atom stereocenters. The number of amides is 1. The molecule has 5 rings (SSSR count). The molecule has 10 heteroatoms. The Kier molecular flexibility index (Phi) is 6.69. The second-order valence-electron chi connectivity index (χ2n) is 8.17. The minimum atomic E-state index is -5.02. The van der Waals surface area contributed by atoms with Crippen molar-refractivity contribution in [3.8, 4) is 17.2 Å². The van der Waals surface area contributed by atoms with E-state index in [0.717, 1.165) is 16.8 Å². The van der Waals surface area contributed by atoms with Crippen molar-refractivity contribution >= 4 is 44.9 Å². The Hall–Kier alpha value is -4.50. The summed E-state index contributed by atoms with van der Waals surface area (Å²) in [6.45, 7) is -0.462. The molecule has 0 spiro atoms. The number of alkyl halides is 3. The molecule has 6 nitrogen and oxygen atoms in total. The third-order valence-corrected chi connectivity index (χ3v) is 5.87. The highest BCUT2D eigenvalue weighted by atomic mass is 35.5. The molecule has 0 unspecified atom stereocenters. The van der Waals surface area contributed by atoms with Gasteiger partial charge in [-0.1, -0.05) is 54.1 Å². The van der Waals surface area contributed by atoms with Crippen LogP contribution in [0.15, 0.2) is 94.1 Å². The molecular weight excluding hydrogens is 523 g/mol. The molecular formula is C28H17ClF3NO5. The molecule has 0 aliphatic heterocycles. The minimum Gasteiger partial charge on any atom is -0.484 e. The minimum absolute atomic E-state index is 0.0197. The molecule has 192 valence electrons. The molecule has 1 aromatic heterocycles. The van der Waals surface area contributed by atoms with Crippen molar-refractivity contribution in [3.05, 3.63) is 106 Å². The summed E-state index contributed by atoms with van der Waals surface area (Å²) in [5, 5.41) is 4.32. The molecule has 0 radical (unpaired) electrons. The van der Waals surface area contributed by atoms with E-state index in [1.165, 1.54) is 24.3 Å². The van der Waals surface area contributed by atoms with Crippen LogP contribution in [-0.2, 0) is 11.0 Å². The van der Waals surface area contributed by atoms with Crippen LogP contribution in [0.2, 0.25) is 5.02 Å². The van der Waals surface area contributed by atoms with Crippen LogP contribution in [0.4, 0.5) is 18.9 Å². The Morgan fingerprint density at radius 1 is 0.895 bits per heavy atom. The van der Waals surface area contributed by atoms with E-state index in [0.29, 0.717) is 10.7 Å². The maximum absolute atomic E-state index is 13.9. The fourth-order valence-corrected chi connectivity index (χ4v) is 3.95. The van der Waals surface area contributed by atoms with Crippen molar-refractivity contribution in [1.29, 1.82) is 0 Å². The normalized spacial score (nSPS) is 11.5. The van der Waals surface area contributed by atoms with Gasteiger partial charge in [-0.25, -0.2) is 0 Å². The van der Waals surface area contributed by atoms with E-state index in [4.69, 9.17) is 25.5 Å². The van der Waals surface area contributed by atoms with E-state index in [2.05, 4.69) is 5.32 Å². The van der Waals surface area contributed by atoms with Gasteiger partial charge in [0.1, 0.15) is 17.1 Å². The second kappa shape index (κ2) is 10.1. The summed E-state index contributed by atoms with van der Waals surface area (Å²) in [6, 6.07) is 22.2. The third-order valence-electron chi connectivity index (χ3n) is 5.54. The Morgan fingerprint density at radius 2 is 1.61 bits per heavy atom. The number of rotatable bonds is 6. The maximum atomic E-state index is 13.9. The SMILES string of the molecule is O=C(COc1ccc2c(=O)c(Oc3ccc4ccccc4c3)c(C(F)(F)F)oc2c1)Nc1ccccc1Cl. The smallest absolute Gasteiger partial charge is 0.453 e. The Bertz CT molecular complexity index is 1730. The number of anilines is 1. The summed E-state index contributed by atoms with van der Waals surface area (Å²) >= 11 is 6.01. The average Bonchev–Trinajstić information content (AvgIpc) is 2.89. The molecule has 0 saturated heterocycles. The zero-order valence-corrected chi connectivity index (χ0v) is 20.1. The maximum Gasteiger partial charge on any atom is 0.453 e. The molecule has 1 amide bonds. The van der Waals surface area contributed by atoms with Crippen LogP contribution in [0.25, 0.3) is 21.7 Å². The van der Waals surface area contributed by atoms with Gasteiger partial charge in [0.2, 0.25) is 11.2 Å². The van der Waals surface area contributed by atoms with Gasteiger partial charge < -0.3 is 19.2 Å². The van der Waals surface area contributed by atoms with Gasteiger partial charge >= 0.3 is 6.18 Å². The van der Waals surface area contributed by atoms with E-state index in [1.807, 2.05) is 12.1 Å². The van der Waals surface area contributed by atoms with Gasteiger partial charge in [-0.05, 0) is 47.2 Å². The molecule has 5 aromatic rings. The van der Waals surface area contributed by atoms with E-state index in [-0.39, 0.29) is 22.5 Å². The number of para-hydroxylation sites is 1. The number of fused-ring (bicyclic) bond motifs is 2. The van der Waals surface area contributed by atoms with Crippen molar-refractivity contribution in [3.63, 3.8) is 0 Å². The number of ether oxygens (including phenoxy) is 2. The zero-order chi connectivity index (χ0) is 26.9. The summed E-state index contributed by atoms with van der Waals surface area (Å²) in [5.74, 6) is -3.05. The van der Waals surface area contributed by atoms with Crippen LogP contribution in [-0.4, -0.2) is 12.5 Å². The fourth-order valence-electron chi connectivity index (χ4n) is 3.77. The van der Waals surface area contributed by atoms with E-state index >= 15 is 0 Å². The molecule has 0 bridgehead atoms. The quantitative estimate of drug-likeness (QED) is 0.243. The number of carbonyl (C=O) groups excluding carboxylic acids is 1. The first-order valence-corrected chi connectivity index (χ1v) is 11.6. The summed E-state index contributed by atoms with van der Waals surface area (Å²) in [5.41, 5.74) is -1.01. The van der Waals surface area contributed by atoms with Crippen molar-refractivity contribution in [1.82, 2.24) is 0 Å². The molecule has 0 aliphatic carbocycles. The molecule has 0 aliphatic rings. The van der Waals surface area contributed by atoms with Crippen molar-refractivity contribution in [2.75, 3.05) is 11.9 Å². The number of hydrogen-bond donors (Lipinski definition) is 1. The highest BCUT2D eigenvalue weighted by Crippen LogP contribution is 2.39. The van der Waals surface area contributed by atoms with Crippen LogP contribution < -0.4 is 20.2 Å².